The molecule has 0 bridgehead atoms. The highest BCUT2D eigenvalue weighted by Crippen LogP contribution is 2.21. The number of thiazole rings is 1. The van der Waals surface area contributed by atoms with E-state index in [0.29, 0.717) is 18.7 Å². The van der Waals surface area contributed by atoms with Crippen molar-refractivity contribution in [3.63, 3.8) is 0 Å². The second kappa shape index (κ2) is 6.93. The van der Waals surface area contributed by atoms with Gasteiger partial charge in [-0.05, 0) is 32.9 Å². The summed E-state index contributed by atoms with van der Waals surface area (Å²) in [4.78, 5) is 16.1. The lowest BCUT2D eigenvalue weighted by molar-refractivity contribution is 0.0360. The second-order valence-corrected chi connectivity index (χ2v) is 6.46. The zero-order valence-electron chi connectivity index (χ0n) is 13.0. The van der Waals surface area contributed by atoms with E-state index in [0.717, 1.165) is 16.5 Å². The van der Waals surface area contributed by atoms with Crippen molar-refractivity contribution in [2.75, 3.05) is 13.1 Å². The van der Waals surface area contributed by atoms with Gasteiger partial charge in [-0.15, -0.1) is 11.3 Å². The summed E-state index contributed by atoms with van der Waals surface area (Å²) in [5.41, 5.74) is -0.265. The largest absolute Gasteiger partial charge is 0.463 e. The third kappa shape index (κ3) is 4.57. The van der Waals surface area contributed by atoms with E-state index < -0.39 is 5.60 Å². The molecule has 3 N–H and O–H groups in total. The lowest BCUT2D eigenvalue weighted by atomic mass is 10.0. The molecule has 1 unspecified atom stereocenters. The highest BCUT2D eigenvalue weighted by atomic mass is 32.1. The molecular formula is C15H21N3O3S. The van der Waals surface area contributed by atoms with Gasteiger partial charge >= 0.3 is 6.03 Å². The fourth-order valence-electron chi connectivity index (χ4n) is 1.95. The average molecular weight is 323 g/mol. The molecule has 2 amide bonds. The first-order chi connectivity index (χ1) is 10.4. The van der Waals surface area contributed by atoms with Gasteiger partial charge in [-0.25, -0.2) is 9.78 Å². The number of hydrogen-bond donors (Lipinski definition) is 3. The van der Waals surface area contributed by atoms with Crippen LogP contribution in [0.15, 0.2) is 21.9 Å². The molecular weight excluding hydrogens is 302 g/mol. The minimum absolute atomic E-state index is 0.0710. The number of amides is 2. The Balaban J connectivity index is 1.73. The molecule has 0 spiro atoms. The van der Waals surface area contributed by atoms with Crippen molar-refractivity contribution in [3.05, 3.63) is 39.7 Å². The third-order valence-corrected chi connectivity index (χ3v) is 4.02. The molecule has 0 aliphatic rings. The van der Waals surface area contributed by atoms with Gasteiger partial charge in [0.2, 0.25) is 0 Å². The van der Waals surface area contributed by atoms with Crippen molar-refractivity contribution in [2.45, 2.75) is 32.8 Å². The van der Waals surface area contributed by atoms with Crippen LogP contribution in [0.2, 0.25) is 0 Å². The van der Waals surface area contributed by atoms with E-state index in [2.05, 4.69) is 15.6 Å². The van der Waals surface area contributed by atoms with Crippen molar-refractivity contribution in [3.8, 4) is 0 Å². The third-order valence-electron chi connectivity index (χ3n) is 3.20. The highest BCUT2D eigenvalue weighted by Gasteiger charge is 2.27. The Morgan fingerprint density at radius 2 is 2.18 bits per heavy atom. The zero-order chi connectivity index (χ0) is 16.2. The fourth-order valence-corrected chi connectivity index (χ4v) is 2.60. The fraction of sp³-hybridized carbons (Fsp3) is 0.467. The smallest absolute Gasteiger partial charge is 0.314 e. The average Bonchev–Trinajstić information content (AvgIpc) is 3.06. The lowest BCUT2D eigenvalue weighted by Crippen LogP contribution is -2.43. The first-order valence-corrected chi connectivity index (χ1v) is 7.97. The van der Waals surface area contributed by atoms with Crippen molar-refractivity contribution in [2.24, 2.45) is 0 Å². The van der Waals surface area contributed by atoms with Crippen LogP contribution in [0.3, 0.4) is 0 Å². The Kier molecular flexibility index (Phi) is 5.20. The van der Waals surface area contributed by atoms with Crippen LogP contribution in [0.1, 0.15) is 29.1 Å². The van der Waals surface area contributed by atoms with Gasteiger partial charge in [0.05, 0.1) is 17.2 Å². The minimum Gasteiger partial charge on any atom is -0.463 e. The molecule has 1 atom stereocenters. The van der Waals surface area contributed by atoms with Crippen molar-refractivity contribution in [1.29, 1.82) is 0 Å². The molecule has 7 heteroatoms. The Labute approximate surface area is 133 Å². The van der Waals surface area contributed by atoms with E-state index >= 15 is 0 Å². The highest BCUT2D eigenvalue weighted by molar-refractivity contribution is 7.09. The van der Waals surface area contributed by atoms with E-state index in [-0.39, 0.29) is 12.6 Å². The number of aromatic nitrogens is 1. The quantitative estimate of drug-likeness (QED) is 0.760. The van der Waals surface area contributed by atoms with Gasteiger partial charge in [0.25, 0.3) is 0 Å². The predicted octanol–water partition coefficient (Wildman–Crippen LogP) is 2.10. The maximum Gasteiger partial charge on any atom is 0.314 e. The Bertz CT molecular complexity index is 634. The number of carbonyl (C=O) groups excluding carboxylic acids is 1. The number of hydrogen-bond acceptors (Lipinski definition) is 5. The monoisotopic (exact) mass is 323 g/mol. The first kappa shape index (κ1) is 16.5. The summed E-state index contributed by atoms with van der Waals surface area (Å²) in [6.45, 7) is 5.93. The molecule has 0 aliphatic carbocycles. The summed E-state index contributed by atoms with van der Waals surface area (Å²) in [5, 5.41) is 18.7. The number of aryl methyl sites for hydroxylation is 2. The van der Waals surface area contributed by atoms with Crippen molar-refractivity contribution >= 4 is 17.4 Å². The van der Waals surface area contributed by atoms with E-state index in [9.17, 15) is 9.90 Å². The second-order valence-electron chi connectivity index (χ2n) is 5.40. The molecule has 2 rings (SSSR count). The standard InChI is InChI=1S/C15H21N3O3S/c1-10-4-5-13(21-10)15(3,20)9-17-14(19)16-7-6-12-8-22-11(2)18-12/h4-5,8,20H,6-7,9H2,1-3H3,(H2,16,17,19). The lowest BCUT2D eigenvalue weighted by Gasteiger charge is -2.21. The molecule has 2 aromatic heterocycles. The molecule has 120 valence electrons. The van der Waals surface area contributed by atoms with E-state index in [1.807, 2.05) is 12.3 Å². The van der Waals surface area contributed by atoms with Gasteiger partial charge in [-0.1, -0.05) is 0 Å². The molecule has 0 saturated carbocycles. The number of rotatable bonds is 6. The molecule has 0 saturated heterocycles. The topological polar surface area (TPSA) is 87.4 Å². The van der Waals surface area contributed by atoms with Gasteiger partial charge in [0.1, 0.15) is 17.1 Å². The molecule has 0 radical (unpaired) electrons. The molecule has 2 aromatic rings. The number of urea groups is 1. The number of furan rings is 1. The van der Waals surface area contributed by atoms with Crippen LogP contribution in [0, 0.1) is 13.8 Å². The zero-order valence-corrected chi connectivity index (χ0v) is 13.8. The number of aliphatic hydroxyl groups is 1. The Hall–Kier alpha value is -1.86. The Morgan fingerprint density at radius 3 is 2.77 bits per heavy atom. The summed E-state index contributed by atoms with van der Waals surface area (Å²) in [6, 6.07) is 3.16. The van der Waals surface area contributed by atoms with Crippen LogP contribution in [-0.2, 0) is 12.0 Å². The van der Waals surface area contributed by atoms with Crippen LogP contribution in [0.4, 0.5) is 4.79 Å². The molecule has 0 aliphatic heterocycles. The van der Waals surface area contributed by atoms with Crippen LogP contribution in [0.25, 0.3) is 0 Å². The van der Waals surface area contributed by atoms with Crippen LogP contribution in [0.5, 0.6) is 0 Å². The first-order valence-electron chi connectivity index (χ1n) is 7.09. The summed E-state index contributed by atoms with van der Waals surface area (Å²) in [6.07, 6.45) is 0.686. The van der Waals surface area contributed by atoms with Crippen molar-refractivity contribution in [1.82, 2.24) is 15.6 Å². The minimum atomic E-state index is -1.24. The SMILES string of the molecule is Cc1ccc(C(C)(O)CNC(=O)NCCc2csc(C)n2)o1. The summed E-state index contributed by atoms with van der Waals surface area (Å²) >= 11 is 1.59. The summed E-state index contributed by atoms with van der Waals surface area (Å²) in [5.74, 6) is 1.15. The molecule has 22 heavy (non-hydrogen) atoms. The number of nitrogens with zero attached hydrogens (tertiary/aromatic N) is 1. The van der Waals surface area contributed by atoms with E-state index in [4.69, 9.17) is 4.42 Å². The van der Waals surface area contributed by atoms with Crippen molar-refractivity contribution < 1.29 is 14.3 Å². The van der Waals surface area contributed by atoms with E-state index in [1.54, 1.807) is 37.3 Å². The van der Waals surface area contributed by atoms with Gasteiger partial charge in [0, 0.05) is 18.3 Å². The van der Waals surface area contributed by atoms with Gasteiger partial charge in [0.15, 0.2) is 0 Å². The predicted molar refractivity (Wildman–Crippen MR) is 85.0 cm³/mol. The normalized spacial score (nSPS) is 13.6. The maximum atomic E-state index is 11.7. The van der Waals surface area contributed by atoms with Gasteiger partial charge < -0.3 is 20.2 Å². The molecule has 0 aromatic carbocycles. The van der Waals surface area contributed by atoms with E-state index in [1.165, 1.54) is 0 Å². The van der Waals surface area contributed by atoms with Crippen LogP contribution in [-0.4, -0.2) is 29.2 Å². The molecule has 2 heterocycles. The van der Waals surface area contributed by atoms with Gasteiger partial charge in [-0.2, -0.15) is 0 Å². The van der Waals surface area contributed by atoms with Crippen LogP contribution >= 0.6 is 11.3 Å². The summed E-state index contributed by atoms with van der Waals surface area (Å²) in [7, 11) is 0. The number of carbonyl (C=O) groups is 1. The molecule has 6 nitrogen and oxygen atoms in total. The molecule has 0 fully saturated rings. The summed E-state index contributed by atoms with van der Waals surface area (Å²) < 4.78 is 5.39. The maximum absolute atomic E-state index is 11.7. The van der Waals surface area contributed by atoms with Gasteiger partial charge in [-0.3, -0.25) is 0 Å². The number of nitrogens with one attached hydrogen (secondary N) is 2. The van der Waals surface area contributed by atoms with Crippen LogP contribution < -0.4 is 10.6 Å². The Morgan fingerprint density at radius 1 is 1.41 bits per heavy atom.